The average Bonchev–Trinajstić information content (AvgIpc) is 3.71. The maximum absolute atomic E-state index is 14.5. The van der Waals surface area contributed by atoms with E-state index in [0.717, 1.165) is 0 Å². The van der Waals surface area contributed by atoms with Gasteiger partial charge in [0.2, 0.25) is 11.8 Å². The molecule has 14 nitrogen and oxygen atoms in total. The van der Waals surface area contributed by atoms with Gasteiger partial charge >= 0.3 is 11.9 Å². The zero-order valence-corrected chi connectivity index (χ0v) is 35.6. The van der Waals surface area contributed by atoms with Crippen molar-refractivity contribution in [2.24, 2.45) is 11.8 Å². The maximum atomic E-state index is 14.5. The van der Waals surface area contributed by atoms with Crippen LogP contribution >= 0.6 is 0 Å². The third-order valence-corrected chi connectivity index (χ3v) is 10.8. The Morgan fingerprint density at radius 1 is 0.933 bits per heavy atom. The topological polar surface area (TPSA) is 189 Å². The van der Waals surface area contributed by atoms with Crippen LogP contribution in [0.5, 0.6) is 0 Å². The molecule has 14 heteroatoms. The molecule has 0 aromatic heterocycles. The van der Waals surface area contributed by atoms with Gasteiger partial charge in [-0.25, -0.2) is 4.79 Å². The molecule has 2 fully saturated rings. The first kappa shape index (κ1) is 46.8. The van der Waals surface area contributed by atoms with E-state index in [9.17, 15) is 38.7 Å². The molecule has 0 saturated carbocycles. The molecule has 4 rings (SSSR count). The van der Waals surface area contributed by atoms with E-state index in [2.05, 4.69) is 23.8 Å². The van der Waals surface area contributed by atoms with Gasteiger partial charge in [0.1, 0.15) is 30.0 Å². The van der Waals surface area contributed by atoms with Gasteiger partial charge in [0, 0.05) is 36.8 Å². The lowest BCUT2D eigenvalue weighted by molar-refractivity contribution is -0.161. The molecular formula is C46H58N4O10. The van der Waals surface area contributed by atoms with Crippen LogP contribution in [0.15, 0.2) is 90.4 Å². The van der Waals surface area contributed by atoms with Gasteiger partial charge < -0.3 is 35.0 Å². The SMILES string of the molecule is C=C1OC(=O)[C@H](Cc2ccc(C(=O)c3ccccc3)cc2)N(C)C(=O)[C@@H]2CCCN2C(=O)[C@H](CC(C)C)NC(=O)[C@H](C(C)C)OC(=O)C[C@H](O)/C(=C(/C)CC)NC(=O)C1=C. The number of ether oxygens (including phenoxy) is 2. The number of allylic oxidation sites excluding steroid dienone is 1. The number of amides is 4. The number of carbonyl (C=O) groups excluding carboxylic acids is 7. The highest BCUT2D eigenvalue weighted by molar-refractivity contribution is 6.09. The zero-order valence-electron chi connectivity index (χ0n) is 35.6. The lowest BCUT2D eigenvalue weighted by atomic mass is 9.98. The molecule has 4 amide bonds. The number of aliphatic hydroxyl groups excluding tert-OH is 1. The summed E-state index contributed by atoms with van der Waals surface area (Å²) in [7, 11) is 1.42. The van der Waals surface area contributed by atoms with Gasteiger partial charge in [-0.2, -0.15) is 0 Å². The normalized spacial score (nSPS) is 24.1. The first-order valence-corrected chi connectivity index (χ1v) is 20.4. The quantitative estimate of drug-likeness (QED) is 0.194. The lowest BCUT2D eigenvalue weighted by Crippen LogP contribution is -2.57. The highest BCUT2D eigenvalue weighted by Gasteiger charge is 2.43. The Hall–Kier alpha value is -5.89. The number of rotatable bonds is 8. The number of cyclic esters (lactones) is 2. The van der Waals surface area contributed by atoms with Crippen LogP contribution in [0.4, 0.5) is 0 Å². The molecule has 2 aromatic carbocycles. The van der Waals surface area contributed by atoms with Gasteiger partial charge in [-0.1, -0.05) is 108 Å². The first-order chi connectivity index (χ1) is 28.3. The van der Waals surface area contributed by atoms with Gasteiger partial charge in [0.15, 0.2) is 11.9 Å². The summed E-state index contributed by atoms with van der Waals surface area (Å²) >= 11 is 0. The minimum Gasteiger partial charge on any atom is -0.452 e. The molecule has 2 aliphatic heterocycles. The van der Waals surface area contributed by atoms with E-state index < -0.39 is 84.0 Å². The molecule has 0 bridgehead atoms. The molecule has 2 saturated heterocycles. The fourth-order valence-corrected chi connectivity index (χ4v) is 7.16. The van der Waals surface area contributed by atoms with Gasteiger partial charge in [-0.15, -0.1) is 0 Å². The molecule has 322 valence electrons. The maximum Gasteiger partial charge on any atom is 0.334 e. The summed E-state index contributed by atoms with van der Waals surface area (Å²) < 4.78 is 11.2. The Labute approximate surface area is 352 Å². The number of fused-ring (bicyclic) bond motifs is 1. The van der Waals surface area contributed by atoms with Crippen LogP contribution in [-0.4, -0.2) is 100 Å². The van der Waals surface area contributed by atoms with E-state index in [-0.39, 0.29) is 48.8 Å². The summed E-state index contributed by atoms with van der Waals surface area (Å²) in [4.78, 5) is 99.2. The smallest absolute Gasteiger partial charge is 0.334 e. The highest BCUT2D eigenvalue weighted by atomic mass is 16.6. The van der Waals surface area contributed by atoms with E-state index in [0.29, 0.717) is 35.1 Å². The molecule has 3 N–H and O–H groups in total. The Morgan fingerprint density at radius 2 is 1.57 bits per heavy atom. The van der Waals surface area contributed by atoms with Crippen LogP contribution in [0, 0.1) is 11.8 Å². The van der Waals surface area contributed by atoms with E-state index in [1.807, 2.05) is 19.9 Å². The molecule has 2 heterocycles. The van der Waals surface area contributed by atoms with Crippen molar-refractivity contribution >= 4 is 41.4 Å². The van der Waals surface area contributed by atoms with Crippen LogP contribution in [0.3, 0.4) is 0 Å². The number of esters is 2. The van der Waals surface area contributed by atoms with Crippen molar-refractivity contribution in [1.29, 1.82) is 0 Å². The second-order valence-electron chi connectivity index (χ2n) is 16.1. The Balaban J connectivity index is 1.76. The summed E-state index contributed by atoms with van der Waals surface area (Å²) in [6.07, 6.45) is -2.30. The first-order valence-electron chi connectivity index (χ1n) is 20.4. The van der Waals surface area contributed by atoms with Crippen molar-refractivity contribution in [3.63, 3.8) is 0 Å². The summed E-state index contributed by atoms with van der Waals surface area (Å²) in [5.74, 6) is -5.79. The standard InChI is InChI=1S/C46H58N4O10/c1-10-28(6)39-37(51)25-38(52)60-41(27(4)5)43(55)47-34(23-26(2)3)44(56)50-22-14-17-35(50)45(57)49(9)36(46(58)59-30(8)29(7)42(54)48-39)24-31-18-20-33(21-19-31)40(53)32-15-12-11-13-16-32/h11-13,15-16,18-21,26-27,34-37,41,51H,7-8,10,14,17,22-25H2,1-6,9H3,(H,47,55)(H,48,54)/b39-28+/t34-,35-,36-,37-,41-/m0/s1. The summed E-state index contributed by atoms with van der Waals surface area (Å²) in [6, 6.07) is 11.9. The van der Waals surface area contributed by atoms with Gasteiger partial charge in [-0.3, -0.25) is 28.8 Å². The minimum absolute atomic E-state index is 0.0169. The Morgan fingerprint density at radius 3 is 2.17 bits per heavy atom. The summed E-state index contributed by atoms with van der Waals surface area (Å²) in [5.41, 5.74) is 1.61. The fraction of sp³-hybridized carbons (Fsp3) is 0.457. The van der Waals surface area contributed by atoms with Crippen molar-refractivity contribution in [2.45, 2.75) is 110 Å². The Kier molecular flexibility index (Phi) is 16.3. The number of nitrogens with zero attached hydrogens (tertiary/aromatic N) is 2. The third-order valence-electron chi connectivity index (χ3n) is 10.8. The van der Waals surface area contributed by atoms with E-state index >= 15 is 0 Å². The van der Waals surface area contributed by atoms with E-state index in [4.69, 9.17) is 9.47 Å². The number of hydrogen-bond donors (Lipinski definition) is 3. The van der Waals surface area contributed by atoms with Crippen molar-refractivity contribution in [3.8, 4) is 0 Å². The Bertz CT molecular complexity index is 2010. The van der Waals surface area contributed by atoms with Crippen LogP contribution in [0.25, 0.3) is 0 Å². The highest BCUT2D eigenvalue weighted by Crippen LogP contribution is 2.26. The monoisotopic (exact) mass is 826 g/mol. The van der Waals surface area contributed by atoms with Crippen LogP contribution < -0.4 is 10.6 Å². The minimum atomic E-state index is -1.57. The number of ketones is 1. The van der Waals surface area contributed by atoms with Crippen molar-refractivity contribution in [3.05, 3.63) is 107 Å². The second kappa shape index (κ2) is 20.9. The number of carbonyl (C=O) groups is 7. The molecule has 0 unspecified atom stereocenters. The van der Waals surface area contributed by atoms with E-state index in [1.165, 1.54) is 16.8 Å². The fourth-order valence-electron chi connectivity index (χ4n) is 7.16. The second-order valence-corrected chi connectivity index (χ2v) is 16.1. The lowest BCUT2D eigenvalue weighted by Gasteiger charge is -2.34. The van der Waals surface area contributed by atoms with E-state index in [1.54, 1.807) is 76.2 Å². The molecule has 0 spiro atoms. The number of aliphatic hydroxyl groups is 1. The molecule has 0 aliphatic carbocycles. The van der Waals surface area contributed by atoms with Crippen LogP contribution in [0.1, 0.15) is 95.1 Å². The van der Waals surface area contributed by atoms with Gasteiger partial charge in [0.25, 0.3) is 11.8 Å². The largest absolute Gasteiger partial charge is 0.452 e. The van der Waals surface area contributed by atoms with Crippen molar-refractivity contribution in [2.75, 3.05) is 13.6 Å². The number of nitrogens with one attached hydrogen (secondary N) is 2. The van der Waals surface area contributed by atoms with Crippen molar-refractivity contribution in [1.82, 2.24) is 20.4 Å². The third kappa shape index (κ3) is 11.6. The van der Waals surface area contributed by atoms with Crippen LogP contribution in [-0.2, 0) is 44.7 Å². The van der Waals surface area contributed by atoms with Crippen molar-refractivity contribution < 1.29 is 48.1 Å². The molecule has 0 radical (unpaired) electrons. The molecule has 60 heavy (non-hydrogen) atoms. The summed E-state index contributed by atoms with van der Waals surface area (Å²) in [6.45, 7) is 18.3. The van der Waals surface area contributed by atoms with Gasteiger partial charge in [0.05, 0.1) is 12.0 Å². The number of likely N-dealkylation sites (N-methyl/N-ethyl adjacent to an activating group) is 1. The molecule has 2 aromatic rings. The zero-order chi connectivity index (χ0) is 44.4. The predicted octanol–water partition coefficient (Wildman–Crippen LogP) is 4.55. The molecule has 5 atom stereocenters. The van der Waals surface area contributed by atoms with Crippen LogP contribution in [0.2, 0.25) is 0 Å². The molecular weight excluding hydrogens is 769 g/mol. The predicted molar refractivity (Wildman–Crippen MR) is 224 cm³/mol. The number of benzene rings is 2. The molecule has 2 aliphatic rings. The number of hydrogen-bond acceptors (Lipinski definition) is 10. The average molecular weight is 827 g/mol. The van der Waals surface area contributed by atoms with Gasteiger partial charge in [-0.05, 0) is 50.0 Å². The summed E-state index contributed by atoms with van der Waals surface area (Å²) in [5, 5.41) is 16.6.